The van der Waals surface area contributed by atoms with Crippen molar-refractivity contribution in [2.75, 3.05) is 31.5 Å². The van der Waals surface area contributed by atoms with Crippen LogP contribution in [0, 0.1) is 5.92 Å². The number of rotatable bonds is 6. The number of hydrogen-bond donors (Lipinski definition) is 3. The van der Waals surface area contributed by atoms with E-state index >= 15 is 0 Å². The summed E-state index contributed by atoms with van der Waals surface area (Å²) in [7, 11) is 0. The van der Waals surface area contributed by atoms with Crippen molar-refractivity contribution in [3.8, 4) is 0 Å². The third kappa shape index (κ3) is 4.07. The molecule has 3 amide bonds. The summed E-state index contributed by atoms with van der Waals surface area (Å²) in [5, 5.41) is 14.3. The first-order valence-corrected chi connectivity index (χ1v) is 10.7. The molecule has 3 saturated heterocycles. The molecule has 0 aliphatic carbocycles. The van der Waals surface area contributed by atoms with Crippen LogP contribution in [0.25, 0.3) is 10.9 Å². The van der Waals surface area contributed by atoms with Gasteiger partial charge in [0.05, 0.1) is 5.52 Å². The smallest absolute Gasteiger partial charge is 0.319 e. The molecule has 1 atom stereocenters. The second kappa shape index (κ2) is 8.41. The first-order valence-electron chi connectivity index (χ1n) is 10.7. The van der Waals surface area contributed by atoms with Gasteiger partial charge in [-0.1, -0.05) is 6.92 Å². The molecule has 2 bridgehead atoms. The van der Waals surface area contributed by atoms with Crippen LogP contribution in [0.2, 0.25) is 0 Å². The summed E-state index contributed by atoms with van der Waals surface area (Å²) in [6.45, 7) is 8.51. The SMILES string of the molecule is CCCNC(=O)Nc1ccc2c(C(=O)N[C@@H]3CN4CCC3CC4)nn(CC)c2c1. The third-order valence-corrected chi connectivity index (χ3v) is 6.03. The molecule has 5 rings (SSSR count). The lowest BCUT2D eigenvalue weighted by atomic mass is 9.84. The number of aryl methyl sites for hydroxylation is 1. The molecule has 4 heterocycles. The molecule has 3 aliphatic heterocycles. The van der Waals surface area contributed by atoms with Crippen LogP contribution < -0.4 is 16.0 Å². The maximum atomic E-state index is 13.0. The Bertz CT molecular complexity index is 900. The van der Waals surface area contributed by atoms with Crippen LogP contribution in [-0.2, 0) is 6.54 Å². The van der Waals surface area contributed by atoms with Crippen molar-refractivity contribution in [1.29, 1.82) is 0 Å². The highest BCUT2D eigenvalue weighted by atomic mass is 16.2. The quantitative estimate of drug-likeness (QED) is 0.697. The summed E-state index contributed by atoms with van der Waals surface area (Å²) in [5.41, 5.74) is 1.99. The molecule has 3 N–H and O–H groups in total. The largest absolute Gasteiger partial charge is 0.346 e. The molecule has 0 saturated carbocycles. The summed E-state index contributed by atoms with van der Waals surface area (Å²) in [6, 6.07) is 5.54. The average molecular weight is 399 g/mol. The number of fused-ring (bicyclic) bond motifs is 4. The van der Waals surface area contributed by atoms with Crippen LogP contribution in [0.15, 0.2) is 18.2 Å². The van der Waals surface area contributed by atoms with Crippen molar-refractivity contribution in [3.05, 3.63) is 23.9 Å². The van der Waals surface area contributed by atoms with E-state index in [1.807, 2.05) is 36.7 Å². The van der Waals surface area contributed by atoms with E-state index < -0.39 is 0 Å². The zero-order valence-corrected chi connectivity index (χ0v) is 17.2. The second-order valence-electron chi connectivity index (χ2n) is 8.00. The normalized spacial score (nSPS) is 23.2. The number of hydrogen-bond acceptors (Lipinski definition) is 4. The van der Waals surface area contributed by atoms with Crippen LogP contribution in [0.5, 0.6) is 0 Å². The van der Waals surface area contributed by atoms with E-state index in [1.165, 1.54) is 0 Å². The van der Waals surface area contributed by atoms with Gasteiger partial charge in [0.1, 0.15) is 0 Å². The van der Waals surface area contributed by atoms with Gasteiger partial charge in [-0.2, -0.15) is 5.10 Å². The Morgan fingerprint density at radius 2 is 2.00 bits per heavy atom. The first kappa shape index (κ1) is 19.7. The highest BCUT2D eigenvalue weighted by Gasteiger charge is 2.35. The Morgan fingerprint density at radius 1 is 1.21 bits per heavy atom. The van der Waals surface area contributed by atoms with Gasteiger partial charge in [0.15, 0.2) is 5.69 Å². The number of urea groups is 1. The van der Waals surface area contributed by atoms with Crippen molar-refractivity contribution < 1.29 is 9.59 Å². The standard InChI is InChI=1S/C21H30N6O2/c1-3-9-22-21(29)23-15-5-6-16-18(12-15)27(4-2)25-19(16)20(28)24-17-13-26-10-7-14(17)8-11-26/h5-6,12,14,17H,3-4,7-11,13H2,1-2H3,(H,24,28)(H2,22,23,29)/t17-/m1/s1. The third-order valence-electron chi connectivity index (χ3n) is 6.03. The monoisotopic (exact) mass is 398 g/mol. The van der Waals surface area contributed by atoms with E-state index in [4.69, 9.17) is 0 Å². The highest BCUT2D eigenvalue weighted by molar-refractivity contribution is 6.06. The summed E-state index contributed by atoms with van der Waals surface area (Å²) in [5.74, 6) is 0.461. The zero-order chi connectivity index (χ0) is 20.4. The van der Waals surface area contributed by atoms with Gasteiger partial charge in [-0.05, 0) is 63.4 Å². The van der Waals surface area contributed by atoms with Crippen LogP contribution in [0.1, 0.15) is 43.6 Å². The van der Waals surface area contributed by atoms with Gasteiger partial charge < -0.3 is 20.9 Å². The number of piperidine rings is 3. The molecule has 1 aromatic carbocycles. The zero-order valence-electron chi connectivity index (χ0n) is 17.2. The van der Waals surface area contributed by atoms with E-state index in [2.05, 4.69) is 25.9 Å². The van der Waals surface area contributed by atoms with Crippen molar-refractivity contribution in [2.45, 2.75) is 45.7 Å². The fourth-order valence-corrected chi connectivity index (χ4v) is 4.44. The molecule has 2 aromatic rings. The Hall–Kier alpha value is -2.61. The first-order chi connectivity index (χ1) is 14.1. The number of benzene rings is 1. The van der Waals surface area contributed by atoms with E-state index in [0.29, 0.717) is 30.4 Å². The number of carbonyl (C=O) groups is 2. The molecule has 0 radical (unpaired) electrons. The molecule has 8 nitrogen and oxygen atoms in total. The lowest BCUT2D eigenvalue weighted by Crippen LogP contribution is -2.57. The molecule has 0 spiro atoms. The Labute approximate surface area is 171 Å². The molecular weight excluding hydrogens is 368 g/mol. The molecule has 0 unspecified atom stereocenters. The van der Waals surface area contributed by atoms with Gasteiger partial charge in [0, 0.05) is 36.7 Å². The predicted octanol–water partition coefficient (Wildman–Crippen LogP) is 2.41. The summed E-state index contributed by atoms with van der Waals surface area (Å²) >= 11 is 0. The summed E-state index contributed by atoms with van der Waals surface area (Å²) in [6.07, 6.45) is 3.20. The molecule has 3 fully saturated rings. The number of aromatic nitrogens is 2. The van der Waals surface area contributed by atoms with Crippen molar-refractivity contribution >= 4 is 28.5 Å². The lowest BCUT2D eigenvalue weighted by molar-refractivity contribution is 0.0618. The lowest BCUT2D eigenvalue weighted by Gasteiger charge is -2.44. The van der Waals surface area contributed by atoms with Crippen LogP contribution in [-0.4, -0.2) is 58.8 Å². The van der Waals surface area contributed by atoms with Crippen LogP contribution >= 0.6 is 0 Å². The maximum Gasteiger partial charge on any atom is 0.319 e. The fraction of sp³-hybridized carbons (Fsp3) is 0.571. The van der Waals surface area contributed by atoms with Crippen LogP contribution in [0.3, 0.4) is 0 Å². The second-order valence-corrected chi connectivity index (χ2v) is 8.00. The Morgan fingerprint density at radius 3 is 2.66 bits per heavy atom. The minimum atomic E-state index is -0.228. The predicted molar refractivity (Wildman–Crippen MR) is 113 cm³/mol. The van der Waals surface area contributed by atoms with E-state index in [0.717, 1.165) is 49.8 Å². The van der Waals surface area contributed by atoms with Gasteiger partial charge in [0.2, 0.25) is 0 Å². The van der Waals surface area contributed by atoms with Gasteiger partial charge in [-0.3, -0.25) is 9.48 Å². The minimum Gasteiger partial charge on any atom is -0.346 e. The van der Waals surface area contributed by atoms with Gasteiger partial charge in [-0.15, -0.1) is 0 Å². The number of amides is 3. The van der Waals surface area contributed by atoms with Gasteiger partial charge >= 0.3 is 6.03 Å². The van der Waals surface area contributed by atoms with Gasteiger partial charge in [-0.25, -0.2) is 4.79 Å². The highest BCUT2D eigenvalue weighted by Crippen LogP contribution is 2.28. The van der Waals surface area contributed by atoms with Crippen molar-refractivity contribution in [3.63, 3.8) is 0 Å². The van der Waals surface area contributed by atoms with Crippen molar-refractivity contribution in [2.24, 2.45) is 5.92 Å². The van der Waals surface area contributed by atoms with Gasteiger partial charge in [0.25, 0.3) is 5.91 Å². The maximum absolute atomic E-state index is 13.0. The average Bonchev–Trinajstić information content (AvgIpc) is 3.11. The molecule has 3 aliphatic rings. The minimum absolute atomic E-state index is 0.109. The fourth-order valence-electron chi connectivity index (χ4n) is 4.44. The Kier molecular flexibility index (Phi) is 5.71. The molecule has 29 heavy (non-hydrogen) atoms. The van der Waals surface area contributed by atoms with E-state index in [9.17, 15) is 9.59 Å². The van der Waals surface area contributed by atoms with E-state index in [1.54, 1.807) is 0 Å². The summed E-state index contributed by atoms with van der Waals surface area (Å²) < 4.78 is 1.82. The Balaban J connectivity index is 1.53. The topological polar surface area (TPSA) is 91.3 Å². The number of nitrogens with one attached hydrogen (secondary N) is 3. The van der Waals surface area contributed by atoms with Crippen molar-refractivity contribution in [1.82, 2.24) is 25.3 Å². The number of carbonyl (C=O) groups excluding carboxylic acids is 2. The van der Waals surface area contributed by atoms with E-state index in [-0.39, 0.29) is 18.0 Å². The molecular formula is C21H30N6O2. The molecule has 1 aromatic heterocycles. The molecule has 8 heteroatoms. The number of anilines is 1. The summed E-state index contributed by atoms with van der Waals surface area (Å²) in [4.78, 5) is 27.4. The molecule has 156 valence electrons. The number of nitrogens with zero attached hydrogens (tertiary/aromatic N) is 3. The van der Waals surface area contributed by atoms with Crippen LogP contribution in [0.4, 0.5) is 10.5 Å².